The van der Waals surface area contributed by atoms with Crippen LogP contribution in [0.2, 0.25) is 0 Å². The summed E-state index contributed by atoms with van der Waals surface area (Å²) in [4.78, 5) is 11.7. The van der Waals surface area contributed by atoms with Crippen LogP contribution in [-0.4, -0.2) is 38.3 Å². The molecule has 1 amide bonds. The zero-order valence-electron chi connectivity index (χ0n) is 17.3. The van der Waals surface area contributed by atoms with Crippen molar-refractivity contribution in [2.75, 3.05) is 19.6 Å². The summed E-state index contributed by atoms with van der Waals surface area (Å²) in [6, 6.07) is 2.39. The van der Waals surface area contributed by atoms with Gasteiger partial charge in [-0.2, -0.15) is 4.31 Å². The molecular weight excluding hydrogens is 398 g/mol. The molecule has 2 rings (SSSR count). The molecule has 5 nitrogen and oxygen atoms in total. The van der Waals surface area contributed by atoms with E-state index >= 15 is 0 Å². The van der Waals surface area contributed by atoms with E-state index in [1.165, 1.54) is 19.3 Å². The lowest BCUT2D eigenvalue weighted by molar-refractivity contribution is -0.126. The molecule has 1 saturated heterocycles. The minimum absolute atomic E-state index is 0.0545. The fourth-order valence-electron chi connectivity index (χ4n) is 3.56. The summed E-state index contributed by atoms with van der Waals surface area (Å²) < 4.78 is 53.6. The lowest BCUT2D eigenvalue weighted by Crippen LogP contribution is -2.43. The number of nitrogens with zero attached hydrogens (tertiary/aromatic N) is 1. The third kappa shape index (κ3) is 7.03. The first-order valence-corrected chi connectivity index (χ1v) is 11.9. The van der Waals surface area contributed by atoms with Crippen LogP contribution >= 0.6 is 0 Å². The Kier molecular flexibility index (Phi) is 9.02. The lowest BCUT2D eigenvalue weighted by Gasteiger charge is -2.30. The number of nitrogens with one attached hydrogen (secondary N) is 1. The van der Waals surface area contributed by atoms with Crippen LogP contribution in [0.25, 0.3) is 0 Å². The van der Waals surface area contributed by atoms with Crippen LogP contribution in [0, 0.1) is 23.5 Å². The highest BCUT2D eigenvalue weighted by Gasteiger charge is 2.33. The van der Waals surface area contributed by atoms with E-state index in [0.717, 1.165) is 35.2 Å². The molecule has 1 N–H and O–H groups in total. The topological polar surface area (TPSA) is 66.5 Å². The zero-order valence-corrected chi connectivity index (χ0v) is 18.1. The van der Waals surface area contributed by atoms with Gasteiger partial charge in [0.25, 0.3) is 0 Å². The zero-order chi connectivity index (χ0) is 21.4. The molecular formula is C21H32F2N2O3S. The van der Waals surface area contributed by atoms with Gasteiger partial charge in [0.15, 0.2) is 0 Å². The number of piperidine rings is 1. The van der Waals surface area contributed by atoms with Gasteiger partial charge < -0.3 is 5.32 Å². The largest absolute Gasteiger partial charge is 0.356 e. The molecule has 0 aromatic heterocycles. The highest BCUT2D eigenvalue weighted by atomic mass is 32.2. The summed E-state index contributed by atoms with van der Waals surface area (Å²) in [7, 11) is -4.11. The van der Waals surface area contributed by atoms with Crippen molar-refractivity contribution in [2.24, 2.45) is 11.8 Å². The number of hydrogen-bond acceptors (Lipinski definition) is 3. The van der Waals surface area contributed by atoms with Crippen molar-refractivity contribution in [1.82, 2.24) is 9.62 Å². The summed E-state index contributed by atoms with van der Waals surface area (Å²) in [5, 5.41) is 2.94. The average Bonchev–Trinajstić information content (AvgIpc) is 2.68. The standard InChI is InChI=1S/C21H32F2N2O3S/c1-16(2)7-5-3-4-6-12-24-21(26)17-10-13-25(14-11-17)29(27,28)20-15-18(22)8-9-19(20)23/h8-9,15-17H,3-7,10-14H2,1-2H3,(H,24,26). The fourth-order valence-corrected chi connectivity index (χ4v) is 5.11. The van der Waals surface area contributed by atoms with E-state index in [2.05, 4.69) is 19.2 Å². The fraction of sp³-hybridized carbons (Fsp3) is 0.667. The first-order chi connectivity index (χ1) is 13.7. The maximum absolute atomic E-state index is 13.9. The smallest absolute Gasteiger partial charge is 0.246 e. The minimum atomic E-state index is -4.11. The van der Waals surface area contributed by atoms with E-state index in [9.17, 15) is 22.0 Å². The molecule has 8 heteroatoms. The molecule has 1 aliphatic heterocycles. The summed E-state index contributed by atoms with van der Waals surface area (Å²) in [5.74, 6) is -1.36. The number of amides is 1. The van der Waals surface area contributed by atoms with Gasteiger partial charge in [0.1, 0.15) is 16.5 Å². The van der Waals surface area contributed by atoms with Gasteiger partial charge in [0.05, 0.1) is 0 Å². The van der Waals surface area contributed by atoms with Crippen LogP contribution in [0.1, 0.15) is 58.8 Å². The van der Waals surface area contributed by atoms with Crippen molar-refractivity contribution in [3.8, 4) is 0 Å². The number of sulfonamides is 1. The van der Waals surface area contributed by atoms with E-state index < -0.39 is 26.6 Å². The van der Waals surface area contributed by atoms with Gasteiger partial charge in [0.2, 0.25) is 15.9 Å². The molecule has 1 aliphatic rings. The van der Waals surface area contributed by atoms with Gasteiger partial charge in [-0.25, -0.2) is 17.2 Å². The maximum atomic E-state index is 13.9. The first-order valence-electron chi connectivity index (χ1n) is 10.4. The number of carbonyl (C=O) groups excluding carboxylic acids is 1. The molecule has 0 bridgehead atoms. The number of halogens is 2. The second-order valence-electron chi connectivity index (χ2n) is 8.14. The molecule has 0 saturated carbocycles. The summed E-state index contributed by atoms with van der Waals surface area (Å²) in [6.45, 7) is 5.29. The number of unbranched alkanes of at least 4 members (excludes halogenated alkanes) is 3. The summed E-state index contributed by atoms with van der Waals surface area (Å²) in [5.41, 5.74) is 0. The highest BCUT2D eigenvalue weighted by molar-refractivity contribution is 7.89. The Morgan fingerprint density at radius 1 is 1.14 bits per heavy atom. The van der Waals surface area contributed by atoms with Crippen LogP contribution in [0.5, 0.6) is 0 Å². The van der Waals surface area contributed by atoms with Crippen LogP contribution in [-0.2, 0) is 14.8 Å². The van der Waals surface area contributed by atoms with Crippen molar-refractivity contribution >= 4 is 15.9 Å². The normalized spacial score (nSPS) is 16.3. The van der Waals surface area contributed by atoms with Crippen molar-refractivity contribution in [3.63, 3.8) is 0 Å². The Morgan fingerprint density at radius 3 is 2.45 bits per heavy atom. The molecule has 164 valence electrons. The molecule has 1 aromatic carbocycles. The average molecular weight is 431 g/mol. The van der Waals surface area contributed by atoms with Gasteiger partial charge in [0, 0.05) is 25.6 Å². The Hall–Kier alpha value is -1.54. The van der Waals surface area contributed by atoms with Crippen molar-refractivity contribution in [2.45, 2.75) is 63.7 Å². The Bertz CT molecular complexity index is 776. The molecule has 0 unspecified atom stereocenters. The van der Waals surface area contributed by atoms with Crippen molar-refractivity contribution in [1.29, 1.82) is 0 Å². The van der Waals surface area contributed by atoms with E-state index in [4.69, 9.17) is 0 Å². The van der Waals surface area contributed by atoms with Crippen LogP contribution < -0.4 is 5.32 Å². The molecule has 1 fully saturated rings. The van der Waals surface area contributed by atoms with E-state index in [0.29, 0.717) is 25.5 Å². The number of rotatable bonds is 10. The van der Waals surface area contributed by atoms with Crippen molar-refractivity contribution in [3.05, 3.63) is 29.8 Å². The third-order valence-electron chi connectivity index (χ3n) is 5.34. The molecule has 0 spiro atoms. The number of benzene rings is 1. The molecule has 1 heterocycles. The molecule has 0 aliphatic carbocycles. The predicted octanol–water partition coefficient (Wildman–Crippen LogP) is 4.09. The monoisotopic (exact) mass is 430 g/mol. The molecule has 1 aromatic rings. The lowest BCUT2D eigenvalue weighted by atomic mass is 9.97. The van der Waals surface area contributed by atoms with Crippen LogP contribution in [0.15, 0.2) is 23.1 Å². The molecule has 0 atom stereocenters. The molecule has 0 radical (unpaired) electrons. The Balaban J connectivity index is 1.75. The highest BCUT2D eigenvalue weighted by Crippen LogP contribution is 2.26. The van der Waals surface area contributed by atoms with Gasteiger partial charge in [-0.15, -0.1) is 0 Å². The van der Waals surface area contributed by atoms with Gasteiger partial charge in [-0.05, 0) is 43.4 Å². The van der Waals surface area contributed by atoms with Gasteiger partial charge in [-0.3, -0.25) is 4.79 Å². The summed E-state index contributed by atoms with van der Waals surface area (Å²) in [6.07, 6.45) is 6.38. The number of hydrogen-bond donors (Lipinski definition) is 1. The van der Waals surface area contributed by atoms with Crippen LogP contribution in [0.4, 0.5) is 8.78 Å². The van der Waals surface area contributed by atoms with E-state index in [1.54, 1.807) is 0 Å². The first kappa shape index (κ1) is 23.7. The molecule has 29 heavy (non-hydrogen) atoms. The van der Waals surface area contributed by atoms with Gasteiger partial charge >= 0.3 is 0 Å². The maximum Gasteiger partial charge on any atom is 0.246 e. The minimum Gasteiger partial charge on any atom is -0.356 e. The number of carbonyl (C=O) groups is 1. The predicted molar refractivity (Wildman–Crippen MR) is 109 cm³/mol. The second kappa shape index (κ2) is 11.0. The van der Waals surface area contributed by atoms with Crippen LogP contribution in [0.3, 0.4) is 0 Å². The SMILES string of the molecule is CC(C)CCCCCCNC(=O)C1CCN(S(=O)(=O)c2cc(F)ccc2F)CC1. The Labute approximate surface area is 172 Å². The Morgan fingerprint density at radius 2 is 1.79 bits per heavy atom. The third-order valence-corrected chi connectivity index (χ3v) is 7.26. The van der Waals surface area contributed by atoms with Crippen molar-refractivity contribution < 1.29 is 22.0 Å². The van der Waals surface area contributed by atoms with E-state index in [1.807, 2.05) is 0 Å². The second-order valence-corrected chi connectivity index (χ2v) is 10.0. The summed E-state index contributed by atoms with van der Waals surface area (Å²) >= 11 is 0. The van der Waals surface area contributed by atoms with Gasteiger partial charge in [-0.1, -0.05) is 39.5 Å². The quantitative estimate of drug-likeness (QED) is 0.569. The van der Waals surface area contributed by atoms with E-state index in [-0.39, 0.29) is 24.9 Å².